The molecule has 0 aliphatic carbocycles. The van der Waals surface area contributed by atoms with Gasteiger partial charge in [-0.1, -0.05) is 6.92 Å². The molecule has 2 aliphatic rings. The summed E-state index contributed by atoms with van der Waals surface area (Å²) in [5.74, 6) is 0.285. The third-order valence-corrected chi connectivity index (χ3v) is 4.48. The minimum Gasteiger partial charge on any atom is -0.368 e. The molecule has 0 radical (unpaired) electrons. The van der Waals surface area contributed by atoms with E-state index in [1.54, 1.807) is 7.05 Å². The van der Waals surface area contributed by atoms with E-state index in [0.29, 0.717) is 13.1 Å². The lowest BCUT2D eigenvalue weighted by molar-refractivity contribution is -0.138. The van der Waals surface area contributed by atoms with Crippen LogP contribution >= 0.6 is 0 Å². The van der Waals surface area contributed by atoms with Crippen LogP contribution in [0.4, 0.5) is 11.8 Å². The third-order valence-electron chi connectivity index (χ3n) is 4.48. The van der Waals surface area contributed by atoms with Gasteiger partial charge in [0.15, 0.2) is 0 Å². The van der Waals surface area contributed by atoms with E-state index >= 15 is 0 Å². The maximum atomic E-state index is 12.1. The lowest BCUT2D eigenvalue weighted by Crippen LogP contribution is -2.34. The minimum atomic E-state index is -0.260. The molecule has 7 nitrogen and oxygen atoms in total. The van der Waals surface area contributed by atoms with E-state index in [9.17, 15) is 9.59 Å². The lowest BCUT2D eigenvalue weighted by atomic mass is 10.00. The maximum absolute atomic E-state index is 12.1. The van der Waals surface area contributed by atoms with E-state index in [1.165, 1.54) is 4.90 Å². The van der Waals surface area contributed by atoms with E-state index in [1.807, 2.05) is 18.7 Å². The number of nitrogen functional groups attached to an aromatic ring is 1. The van der Waals surface area contributed by atoms with E-state index in [4.69, 9.17) is 5.73 Å². The van der Waals surface area contributed by atoms with Gasteiger partial charge in [0.05, 0.1) is 11.8 Å². The van der Waals surface area contributed by atoms with Crippen molar-refractivity contribution >= 4 is 23.6 Å². The summed E-state index contributed by atoms with van der Waals surface area (Å²) in [5.41, 5.74) is 7.63. The minimum absolute atomic E-state index is 0.0932. The molecule has 2 fully saturated rings. The number of rotatable bonds is 2. The van der Waals surface area contributed by atoms with Crippen LogP contribution in [-0.4, -0.2) is 46.8 Å². The van der Waals surface area contributed by atoms with Crippen LogP contribution in [0.15, 0.2) is 0 Å². The molecular weight excluding hydrogens is 270 g/mol. The van der Waals surface area contributed by atoms with Gasteiger partial charge in [0.2, 0.25) is 17.8 Å². The molecule has 2 amide bonds. The van der Waals surface area contributed by atoms with Crippen molar-refractivity contribution in [2.75, 3.05) is 30.8 Å². The van der Waals surface area contributed by atoms with Gasteiger partial charge in [-0.15, -0.1) is 0 Å². The molecular formula is C14H19N5O2. The molecule has 0 saturated carbocycles. The molecule has 0 aromatic carbocycles. The zero-order valence-corrected chi connectivity index (χ0v) is 12.5. The Morgan fingerprint density at radius 3 is 2.29 bits per heavy atom. The van der Waals surface area contributed by atoms with E-state index in [2.05, 4.69) is 9.97 Å². The Labute approximate surface area is 123 Å². The highest BCUT2D eigenvalue weighted by atomic mass is 16.2. The number of imide groups is 1. The number of likely N-dealkylation sites (tertiary alicyclic amines) is 1. The fourth-order valence-corrected chi connectivity index (χ4v) is 3.36. The summed E-state index contributed by atoms with van der Waals surface area (Å²) in [4.78, 5) is 35.9. The van der Waals surface area contributed by atoms with Gasteiger partial charge in [-0.05, 0) is 13.3 Å². The van der Waals surface area contributed by atoms with Gasteiger partial charge in [0, 0.05) is 31.4 Å². The smallest absolute Gasteiger partial charge is 0.234 e. The number of hydrogen-bond acceptors (Lipinski definition) is 6. The zero-order valence-electron chi connectivity index (χ0n) is 12.5. The molecule has 3 rings (SSSR count). The largest absolute Gasteiger partial charge is 0.368 e. The second kappa shape index (κ2) is 4.68. The van der Waals surface area contributed by atoms with Gasteiger partial charge < -0.3 is 10.6 Å². The second-order valence-corrected chi connectivity index (χ2v) is 5.68. The fourth-order valence-electron chi connectivity index (χ4n) is 3.36. The fraction of sp³-hybridized carbons (Fsp3) is 0.571. The molecule has 2 aliphatic heterocycles. The summed E-state index contributed by atoms with van der Waals surface area (Å²) in [6.07, 6.45) is 0.787. The summed E-state index contributed by atoms with van der Waals surface area (Å²) in [5, 5.41) is 0. The average molecular weight is 289 g/mol. The Hall–Kier alpha value is -2.18. The van der Waals surface area contributed by atoms with Crippen molar-refractivity contribution in [2.45, 2.75) is 20.3 Å². The first-order chi connectivity index (χ1) is 9.93. The van der Waals surface area contributed by atoms with Crippen molar-refractivity contribution in [1.29, 1.82) is 0 Å². The van der Waals surface area contributed by atoms with Crippen molar-refractivity contribution in [3.05, 3.63) is 11.3 Å². The first-order valence-corrected chi connectivity index (χ1v) is 7.13. The molecule has 1 aromatic rings. The number of anilines is 2. The Bertz CT molecular complexity index is 606. The normalized spacial score (nSPS) is 24.9. The Balaban J connectivity index is 1.95. The van der Waals surface area contributed by atoms with Crippen LogP contribution in [0.25, 0.3) is 0 Å². The number of fused-ring (bicyclic) bond motifs is 1. The standard InChI is InChI=1S/C14H19N5O2/c1-4-8-7(2)16-14(15)17-11(8)19-5-9-10(6-19)13(21)18(3)12(9)20/h9-10H,4-6H2,1-3H3,(H2,15,16,17)/t9-,10+. The molecule has 2 saturated heterocycles. The molecule has 112 valence electrons. The number of nitrogens with two attached hydrogens (primary N) is 1. The zero-order chi connectivity index (χ0) is 15.3. The van der Waals surface area contributed by atoms with Crippen molar-refractivity contribution in [2.24, 2.45) is 11.8 Å². The highest BCUT2D eigenvalue weighted by Gasteiger charge is 2.51. The van der Waals surface area contributed by atoms with Gasteiger partial charge in [-0.3, -0.25) is 14.5 Å². The first kappa shape index (κ1) is 13.8. The van der Waals surface area contributed by atoms with E-state index in [0.717, 1.165) is 23.5 Å². The summed E-state index contributed by atoms with van der Waals surface area (Å²) in [7, 11) is 1.55. The second-order valence-electron chi connectivity index (χ2n) is 5.68. The molecule has 7 heteroatoms. The number of aromatic nitrogens is 2. The molecule has 0 spiro atoms. The average Bonchev–Trinajstić information content (AvgIpc) is 2.95. The van der Waals surface area contributed by atoms with Gasteiger partial charge in [-0.25, -0.2) is 4.98 Å². The molecule has 3 heterocycles. The summed E-state index contributed by atoms with van der Waals surface area (Å²) in [6, 6.07) is 0. The first-order valence-electron chi connectivity index (χ1n) is 7.13. The number of nitrogens with zero attached hydrogens (tertiary/aromatic N) is 4. The Kier molecular flexibility index (Phi) is 3.07. The van der Waals surface area contributed by atoms with Crippen molar-refractivity contribution < 1.29 is 9.59 Å². The quantitative estimate of drug-likeness (QED) is 0.769. The van der Waals surface area contributed by atoms with E-state index in [-0.39, 0.29) is 29.6 Å². The predicted molar refractivity (Wildman–Crippen MR) is 77.5 cm³/mol. The summed E-state index contributed by atoms with van der Waals surface area (Å²) in [6.45, 7) is 4.97. The highest BCUT2D eigenvalue weighted by molar-refractivity contribution is 6.06. The lowest BCUT2D eigenvalue weighted by Gasteiger charge is -2.23. The molecule has 0 unspecified atom stereocenters. The molecule has 2 N–H and O–H groups in total. The van der Waals surface area contributed by atoms with Crippen LogP contribution in [0.2, 0.25) is 0 Å². The summed E-state index contributed by atoms with van der Waals surface area (Å²) >= 11 is 0. The van der Waals surface area contributed by atoms with Gasteiger partial charge >= 0.3 is 0 Å². The van der Waals surface area contributed by atoms with Crippen molar-refractivity contribution in [3.8, 4) is 0 Å². The van der Waals surface area contributed by atoms with Crippen LogP contribution in [0.5, 0.6) is 0 Å². The van der Waals surface area contributed by atoms with Gasteiger partial charge in [-0.2, -0.15) is 4.98 Å². The third kappa shape index (κ3) is 1.95. The molecule has 0 bridgehead atoms. The SMILES string of the molecule is CCc1c(C)nc(N)nc1N1C[C@@H]2C(=O)N(C)C(=O)[C@@H]2C1. The van der Waals surface area contributed by atoms with Crippen LogP contribution in [0.3, 0.4) is 0 Å². The summed E-state index contributed by atoms with van der Waals surface area (Å²) < 4.78 is 0. The monoisotopic (exact) mass is 289 g/mol. The van der Waals surface area contributed by atoms with Crippen molar-refractivity contribution in [3.63, 3.8) is 0 Å². The van der Waals surface area contributed by atoms with Gasteiger partial charge in [0.1, 0.15) is 5.82 Å². The van der Waals surface area contributed by atoms with Crippen LogP contribution < -0.4 is 10.6 Å². The maximum Gasteiger partial charge on any atom is 0.234 e. The predicted octanol–water partition coefficient (Wildman–Crippen LogP) is -0.0194. The van der Waals surface area contributed by atoms with Gasteiger partial charge in [0.25, 0.3) is 0 Å². The number of carbonyl (C=O) groups is 2. The highest BCUT2D eigenvalue weighted by Crippen LogP contribution is 2.36. The van der Waals surface area contributed by atoms with E-state index < -0.39 is 0 Å². The number of amides is 2. The number of hydrogen-bond donors (Lipinski definition) is 1. The van der Waals surface area contributed by atoms with Crippen LogP contribution in [-0.2, 0) is 16.0 Å². The van der Waals surface area contributed by atoms with Crippen molar-refractivity contribution in [1.82, 2.24) is 14.9 Å². The van der Waals surface area contributed by atoms with Crippen LogP contribution in [0, 0.1) is 18.8 Å². The molecule has 2 atom stereocenters. The topological polar surface area (TPSA) is 92.4 Å². The molecule has 1 aromatic heterocycles. The molecule has 21 heavy (non-hydrogen) atoms. The van der Waals surface area contributed by atoms with Crippen LogP contribution in [0.1, 0.15) is 18.2 Å². The Morgan fingerprint density at radius 1 is 1.19 bits per heavy atom. The Morgan fingerprint density at radius 2 is 1.76 bits per heavy atom. The number of carbonyl (C=O) groups excluding carboxylic acids is 2. The number of aryl methyl sites for hydroxylation is 1.